The van der Waals surface area contributed by atoms with Crippen LogP contribution in [0.1, 0.15) is 109 Å². The summed E-state index contributed by atoms with van der Waals surface area (Å²) in [5.74, 6) is -2.07. The molecule has 3 aromatic rings. The standard InChI is InChI=1S/C39H47F4N3O5/c1-23-16-24(2)36-27-18-28(25-12-13-25)37(40)29(19-27)31(21-35(48)49)44-38(50)32(11-7-5-6-8-15-51-33(36)17-23)46-22-26(10-9-14-45(3)4)30(20-34(46)47)39(41,42)43/h16-20,22,25,31-32H,5-15,21H2,1-4H3,(H,44,50)(H,48,49)/t31-,32-/m0/s1. The van der Waals surface area contributed by atoms with Crippen molar-refractivity contribution in [1.82, 2.24) is 14.8 Å². The van der Waals surface area contributed by atoms with E-state index in [4.69, 9.17) is 4.74 Å². The van der Waals surface area contributed by atoms with Gasteiger partial charge >= 0.3 is 12.1 Å². The van der Waals surface area contributed by atoms with Gasteiger partial charge in [-0.1, -0.05) is 25.3 Å². The maximum atomic E-state index is 16.5. The number of rotatable bonds is 8. The Morgan fingerprint density at radius 3 is 2.37 bits per heavy atom. The Morgan fingerprint density at radius 2 is 1.71 bits per heavy atom. The molecule has 12 heteroatoms. The average Bonchev–Trinajstić information content (AvgIpc) is 3.87. The predicted molar refractivity (Wildman–Crippen MR) is 187 cm³/mol. The molecule has 0 saturated heterocycles. The molecule has 0 spiro atoms. The molecular formula is C39H47F4N3O5. The minimum Gasteiger partial charge on any atom is -0.493 e. The quantitative estimate of drug-likeness (QED) is 0.231. The van der Waals surface area contributed by atoms with Crippen LogP contribution in [0.4, 0.5) is 17.6 Å². The molecule has 1 amide bonds. The number of aryl methyl sites for hydroxylation is 3. The first kappa shape index (κ1) is 38.1. The maximum absolute atomic E-state index is 16.5. The number of aromatic nitrogens is 1. The monoisotopic (exact) mass is 713 g/mol. The summed E-state index contributed by atoms with van der Waals surface area (Å²) in [7, 11) is 3.61. The van der Waals surface area contributed by atoms with Gasteiger partial charge in [0, 0.05) is 23.4 Å². The summed E-state index contributed by atoms with van der Waals surface area (Å²) in [4.78, 5) is 41.7. The Kier molecular flexibility index (Phi) is 11.9. The molecule has 2 N–H and O–H groups in total. The molecule has 1 saturated carbocycles. The number of carboxylic acids is 1. The van der Waals surface area contributed by atoms with E-state index in [1.807, 2.05) is 30.9 Å². The lowest BCUT2D eigenvalue weighted by molar-refractivity contribution is -0.139. The topological polar surface area (TPSA) is 101 Å². The van der Waals surface area contributed by atoms with E-state index in [1.54, 1.807) is 26.2 Å². The smallest absolute Gasteiger partial charge is 0.416 e. The highest BCUT2D eigenvalue weighted by atomic mass is 19.4. The van der Waals surface area contributed by atoms with Crippen LogP contribution in [-0.2, 0) is 22.2 Å². The number of hydrogen-bond acceptors (Lipinski definition) is 5. The summed E-state index contributed by atoms with van der Waals surface area (Å²) >= 11 is 0. The van der Waals surface area contributed by atoms with Crippen LogP contribution in [0.5, 0.6) is 5.75 Å². The molecule has 2 atom stereocenters. The van der Waals surface area contributed by atoms with Crippen LogP contribution in [0.3, 0.4) is 0 Å². The third-order valence-corrected chi connectivity index (χ3v) is 9.74. The molecule has 1 aromatic heterocycles. The Balaban J connectivity index is 1.63. The van der Waals surface area contributed by atoms with Crippen molar-refractivity contribution in [2.75, 3.05) is 27.2 Å². The molecule has 2 aromatic carbocycles. The highest BCUT2D eigenvalue weighted by Crippen LogP contribution is 2.46. The lowest BCUT2D eigenvalue weighted by Crippen LogP contribution is -2.40. The number of alkyl halides is 3. The summed E-state index contributed by atoms with van der Waals surface area (Å²) in [6.07, 6.45) is 0.262. The number of fused-ring (bicyclic) bond motifs is 4. The molecule has 8 nitrogen and oxygen atoms in total. The number of amides is 1. The zero-order chi connectivity index (χ0) is 37.0. The number of carboxylic acid groups (broad SMARTS) is 1. The van der Waals surface area contributed by atoms with E-state index in [9.17, 15) is 32.7 Å². The van der Waals surface area contributed by atoms with Crippen molar-refractivity contribution in [2.45, 2.75) is 102 Å². The maximum Gasteiger partial charge on any atom is 0.416 e. The molecule has 51 heavy (non-hydrogen) atoms. The van der Waals surface area contributed by atoms with Crippen molar-refractivity contribution in [3.05, 3.63) is 86.1 Å². The number of carbonyl (C=O) groups is 2. The SMILES string of the molecule is Cc1cc(C)c2c(c1)OCCCCCC[C@H](n1cc(CCCN(C)C)c(C(F)(F)F)cc1=O)C(=O)N[C@@H](CC(=O)O)c1cc-2cc(C2CC2)c1F. The number of pyridine rings is 1. The fraction of sp³-hybridized carbons (Fsp3) is 0.513. The van der Waals surface area contributed by atoms with E-state index in [2.05, 4.69) is 5.32 Å². The van der Waals surface area contributed by atoms with Gasteiger partial charge in [0.1, 0.15) is 17.6 Å². The van der Waals surface area contributed by atoms with Crippen molar-refractivity contribution in [1.29, 1.82) is 0 Å². The Labute approximate surface area is 295 Å². The molecule has 276 valence electrons. The number of nitrogens with zero attached hydrogens (tertiary/aromatic N) is 2. The Morgan fingerprint density at radius 1 is 1.00 bits per heavy atom. The minimum atomic E-state index is -4.78. The minimum absolute atomic E-state index is 0.00828. The second kappa shape index (κ2) is 16.0. The number of hydrogen-bond donors (Lipinski definition) is 2. The summed E-state index contributed by atoms with van der Waals surface area (Å²) in [6.45, 7) is 4.81. The molecule has 0 unspecified atom stereocenters. The van der Waals surface area contributed by atoms with Crippen molar-refractivity contribution >= 4 is 11.9 Å². The summed E-state index contributed by atoms with van der Waals surface area (Å²) < 4.78 is 66.1. The van der Waals surface area contributed by atoms with Gasteiger partial charge in [-0.2, -0.15) is 13.2 Å². The summed E-state index contributed by atoms with van der Waals surface area (Å²) in [5.41, 5.74) is 1.55. The normalized spacial score (nSPS) is 19.0. The number of aliphatic carboxylic acids is 1. The molecule has 1 fully saturated rings. The fourth-order valence-electron chi connectivity index (χ4n) is 7.11. The molecule has 2 heterocycles. The van der Waals surface area contributed by atoms with E-state index < -0.39 is 53.5 Å². The molecule has 0 radical (unpaired) electrons. The van der Waals surface area contributed by atoms with Gasteiger partial charge in [0.2, 0.25) is 5.91 Å². The first-order valence-electron chi connectivity index (χ1n) is 17.7. The van der Waals surface area contributed by atoms with Gasteiger partial charge in [0.15, 0.2) is 0 Å². The number of ether oxygens (including phenoxy) is 1. The zero-order valence-corrected chi connectivity index (χ0v) is 29.7. The number of carbonyl (C=O) groups excluding carboxylic acids is 1. The van der Waals surface area contributed by atoms with Crippen molar-refractivity contribution in [3.63, 3.8) is 0 Å². The third kappa shape index (κ3) is 9.38. The van der Waals surface area contributed by atoms with E-state index in [0.29, 0.717) is 61.8 Å². The highest BCUT2D eigenvalue weighted by molar-refractivity contribution is 5.82. The number of nitrogens with one attached hydrogen (secondary N) is 1. The molecule has 5 rings (SSSR count). The van der Waals surface area contributed by atoms with Crippen LogP contribution in [0.2, 0.25) is 0 Å². The molecule has 1 aliphatic carbocycles. The zero-order valence-electron chi connectivity index (χ0n) is 29.7. The van der Waals surface area contributed by atoms with Gasteiger partial charge in [-0.15, -0.1) is 0 Å². The van der Waals surface area contributed by atoms with Crippen LogP contribution in [0.15, 0.2) is 41.3 Å². The average molecular weight is 714 g/mol. The molecule has 1 aliphatic heterocycles. The van der Waals surface area contributed by atoms with E-state index in [0.717, 1.165) is 46.7 Å². The fourth-order valence-corrected chi connectivity index (χ4v) is 7.11. The van der Waals surface area contributed by atoms with Gasteiger partial charge in [-0.25, -0.2) is 4.39 Å². The lowest BCUT2D eigenvalue weighted by Gasteiger charge is -2.26. The van der Waals surface area contributed by atoms with Crippen LogP contribution in [0.25, 0.3) is 11.1 Å². The summed E-state index contributed by atoms with van der Waals surface area (Å²) in [5, 5.41) is 12.7. The van der Waals surface area contributed by atoms with Gasteiger partial charge in [-0.3, -0.25) is 14.4 Å². The number of halogens is 4. The van der Waals surface area contributed by atoms with Crippen molar-refractivity contribution in [2.24, 2.45) is 0 Å². The van der Waals surface area contributed by atoms with Gasteiger partial charge < -0.3 is 24.6 Å². The lowest BCUT2D eigenvalue weighted by atomic mass is 9.90. The first-order chi connectivity index (χ1) is 24.1. The second-order valence-corrected chi connectivity index (χ2v) is 14.3. The largest absolute Gasteiger partial charge is 0.493 e. The molecule has 2 aliphatic rings. The molecule has 2 bridgehead atoms. The molecular weight excluding hydrogens is 666 g/mol. The van der Waals surface area contributed by atoms with Crippen LogP contribution in [0, 0.1) is 19.7 Å². The summed E-state index contributed by atoms with van der Waals surface area (Å²) in [6, 6.07) is 5.23. The second-order valence-electron chi connectivity index (χ2n) is 14.3. The van der Waals surface area contributed by atoms with E-state index >= 15 is 4.39 Å². The number of benzene rings is 2. The van der Waals surface area contributed by atoms with Crippen molar-refractivity contribution in [3.8, 4) is 16.9 Å². The Hall–Kier alpha value is -4.19. The van der Waals surface area contributed by atoms with Gasteiger partial charge in [0.05, 0.1) is 24.6 Å². The predicted octanol–water partition coefficient (Wildman–Crippen LogP) is 7.88. The highest BCUT2D eigenvalue weighted by Gasteiger charge is 2.36. The van der Waals surface area contributed by atoms with Gasteiger partial charge in [-0.05, 0) is 125 Å². The van der Waals surface area contributed by atoms with Crippen LogP contribution < -0.4 is 15.6 Å². The van der Waals surface area contributed by atoms with Gasteiger partial charge in [0.25, 0.3) is 5.56 Å². The van der Waals surface area contributed by atoms with E-state index in [1.165, 1.54) is 0 Å². The third-order valence-electron chi connectivity index (χ3n) is 9.74. The van der Waals surface area contributed by atoms with Crippen LogP contribution >= 0.6 is 0 Å². The van der Waals surface area contributed by atoms with E-state index in [-0.39, 0.29) is 29.9 Å². The first-order valence-corrected chi connectivity index (χ1v) is 17.7. The Bertz CT molecular complexity index is 1820. The van der Waals surface area contributed by atoms with Crippen molar-refractivity contribution < 1.29 is 37.0 Å². The van der Waals surface area contributed by atoms with Crippen LogP contribution in [-0.4, -0.2) is 53.7 Å².